The zero-order chi connectivity index (χ0) is 20.0. The Kier molecular flexibility index (Phi) is 4.95. The lowest BCUT2D eigenvalue weighted by molar-refractivity contribution is -0.142. The first-order valence-electron chi connectivity index (χ1n) is 9.56. The minimum Gasteiger partial charge on any atom is -0.444 e. The average molecular weight is 376 g/mol. The molecule has 1 aliphatic carbocycles. The van der Waals surface area contributed by atoms with Crippen LogP contribution in [0.4, 0.5) is 9.18 Å². The van der Waals surface area contributed by atoms with Crippen molar-refractivity contribution in [1.82, 2.24) is 9.80 Å². The Morgan fingerprint density at radius 2 is 1.70 bits per heavy atom. The summed E-state index contributed by atoms with van der Waals surface area (Å²) in [5.41, 5.74) is -0.0782. The smallest absolute Gasteiger partial charge is 0.410 e. The fourth-order valence-corrected chi connectivity index (χ4v) is 3.50. The predicted octanol–water partition coefficient (Wildman–Crippen LogP) is 4.13. The lowest BCUT2D eigenvalue weighted by Crippen LogP contribution is -2.58. The van der Waals surface area contributed by atoms with E-state index in [1.807, 2.05) is 39.5 Å². The molecular formula is C21H29FN2O3. The van der Waals surface area contributed by atoms with Crippen LogP contribution in [0.1, 0.15) is 59.1 Å². The fraction of sp³-hybridized carbons (Fsp3) is 0.619. The van der Waals surface area contributed by atoms with Gasteiger partial charge in [0.05, 0.1) is 6.04 Å². The Hall–Kier alpha value is -2.11. The number of hydrogen-bond donors (Lipinski definition) is 0. The Morgan fingerprint density at radius 1 is 1.11 bits per heavy atom. The first-order valence-corrected chi connectivity index (χ1v) is 9.56. The quantitative estimate of drug-likeness (QED) is 0.780. The zero-order valence-electron chi connectivity index (χ0n) is 16.8. The van der Waals surface area contributed by atoms with Crippen molar-refractivity contribution in [3.8, 4) is 0 Å². The van der Waals surface area contributed by atoms with E-state index in [1.165, 1.54) is 12.1 Å². The molecule has 0 radical (unpaired) electrons. The summed E-state index contributed by atoms with van der Waals surface area (Å²) in [5, 5.41) is 0. The van der Waals surface area contributed by atoms with Crippen LogP contribution in [0.25, 0.3) is 0 Å². The summed E-state index contributed by atoms with van der Waals surface area (Å²) in [5.74, 6) is -0.184. The van der Waals surface area contributed by atoms with Gasteiger partial charge in [-0.1, -0.05) is 19.1 Å². The molecule has 5 nitrogen and oxygen atoms in total. The van der Waals surface area contributed by atoms with E-state index in [0.29, 0.717) is 13.1 Å². The highest BCUT2D eigenvalue weighted by atomic mass is 19.1. The lowest BCUT2D eigenvalue weighted by Gasteiger charge is -2.46. The molecule has 0 N–H and O–H groups in total. The van der Waals surface area contributed by atoms with E-state index in [1.54, 1.807) is 17.0 Å². The Labute approximate surface area is 160 Å². The number of piperazine rings is 1. The molecule has 6 heteroatoms. The van der Waals surface area contributed by atoms with Crippen molar-refractivity contribution in [1.29, 1.82) is 0 Å². The zero-order valence-corrected chi connectivity index (χ0v) is 16.8. The Balaban J connectivity index is 1.89. The molecule has 1 heterocycles. The molecule has 148 valence electrons. The van der Waals surface area contributed by atoms with Crippen LogP contribution >= 0.6 is 0 Å². The number of carbonyl (C=O) groups is 2. The number of ether oxygens (including phenoxy) is 1. The van der Waals surface area contributed by atoms with Crippen LogP contribution < -0.4 is 0 Å². The third-order valence-electron chi connectivity index (χ3n) is 5.40. The van der Waals surface area contributed by atoms with E-state index >= 15 is 0 Å². The third kappa shape index (κ3) is 4.25. The number of benzene rings is 1. The lowest BCUT2D eigenvalue weighted by atomic mass is 9.97. The second-order valence-electron chi connectivity index (χ2n) is 9.07. The molecule has 1 aromatic rings. The van der Waals surface area contributed by atoms with Gasteiger partial charge in [0.1, 0.15) is 11.4 Å². The molecule has 1 saturated heterocycles. The molecule has 3 rings (SSSR count). The number of nitrogens with zero attached hydrogens (tertiary/aromatic N) is 2. The van der Waals surface area contributed by atoms with Crippen molar-refractivity contribution in [2.24, 2.45) is 5.41 Å². The molecule has 0 unspecified atom stereocenters. The summed E-state index contributed by atoms with van der Waals surface area (Å²) in [7, 11) is 0. The van der Waals surface area contributed by atoms with Gasteiger partial charge in [-0.15, -0.1) is 0 Å². The van der Waals surface area contributed by atoms with Gasteiger partial charge in [-0.05, 0) is 58.2 Å². The maximum Gasteiger partial charge on any atom is 0.410 e. The molecule has 0 spiro atoms. The fourth-order valence-electron chi connectivity index (χ4n) is 3.50. The van der Waals surface area contributed by atoms with Crippen molar-refractivity contribution in [2.45, 2.75) is 65.1 Å². The molecular weight excluding hydrogens is 347 g/mol. The number of amides is 2. The summed E-state index contributed by atoms with van der Waals surface area (Å²) < 4.78 is 19.0. The van der Waals surface area contributed by atoms with E-state index in [9.17, 15) is 14.0 Å². The monoisotopic (exact) mass is 376 g/mol. The van der Waals surface area contributed by atoms with Gasteiger partial charge in [0.2, 0.25) is 5.91 Å². The molecule has 2 atom stereocenters. The first-order chi connectivity index (χ1) is 12.5. The second kappa shape index (κ2) is 6.80. The minimum atomic E-state index is -0.609. The first kappa shape index (κ1) is 19.6. The van der Waals surface area contributed by atoms with Gasteiger partial charge in [-0.2, -0.15) is 0 Å². The summed E-state index contributed by atoms with van der Waals surface area (Å²) in [6.45, 7) is 10.2. The molecule has 0 bridgehead atoms. The van der Waals surface area contributed by atoms with Crippen molar-refractivity contribution in [2.75, 3.05) is 13.1 Å². The van der Waals surface area contributed by atoms with Gasteiger partial charge in [0.15, 0.2) is 0 Å². The van der Waals surface area contributed by atoms with Gasteiger partial charge in [0, 0.05) is 24.5 Å². The van der Waals surface area contributed by atoms with E-state index in [-0.39, 0.29) is 29.2 Å². The summed E-state index contributed by atoms with van der Waals surface area (Å²) in [6.07, 6.45) is 1.41. The van der Waals surface area contributed by atoms with Crippen LogP contribution in [0.2, 0.25) is 0 Å². The van der Waals surface area contributed by atoms with Gasteiger partial charge in [-0.25, -0.2) is 9.18 Å². The summed E-state index contributed by atoms with van der Waals surface area (Å²) in [6, 6.07) is 5.66. The maximum atomic E-state index is 13.4. The normalized spacial score (nSPS) is 24.5. The molecule has 27 heavy (non-hydrogen) atoms. The van der Waals surface area contributed by atoms with Crippen molar-refractivity contribution in [3.05, 3.63) is 35.6 Å². The summed E-state index contributed by atoms with van der Waals surface area (Å²) in [4.78, 5) is 29.3. The summed E-state index contributed by atoms with van der Waals surface area (Å²) >= 11 is 0. The number of hydrogen-bond acceptors (Lipinski definition) is 3. The molecule has 1 aromatic carbocycles. The molecule has 0 aromatic heterocycles. The molecule has 2 aliphatic rings. The van der Waals surface area contributed by atoms with Crippen molar-refractivity contribution < 1.29 is 18.7 Å². The Morgan fingerprint density at radius 3 is 2.22 bits per heavy atom. The SMILES string of the molecule is C[C@H]1CN(C(=O)OC(C)(C)C)[C@@H](c2ccc(F)cc2)CN1C(=O)C1(C)CC1. The van der Waals surface area contributed by atoms with Gasteiger partial charge in [0.25, 0.3) is 0 Å². The predicted molar refractivity (Wildman–Crippen MR) is 101 cm³/mol. The number of carbonyl (C=O) groups excluding carboxylic acids is 2. The number of rotatable bonds is 2. The standard InChI is InChI=1S/C21H29FN2O3/c1-14-12-24(19(26)27-20(2,3)4)17(15-6-8-16(22)9-7-15)13-23(14)18(25)21(5)10-11-21/h6-9,14,17H,10-13H2,1-5H3/t14-,17+/m0/s1. The van der Waals surface area contributed by atoms with E-state index in [2.05, 4.69) is 0 Å². The minimum absolute atomic E-state index is 0.0980. The molecule has 1 saturated carbocycles. The van der Waals surface area contributed by atoms with Crippen LogP contribution in [0.3, 0.4) is 0 Å². The Bertz CT molecular complexity index is 722. The van der Waals surface area contributed by atoms with Crippen LogP contribution in [-0.2, 0) is 9.53 Å². The van der Waals surface area contributed by atoms with Crippen LogP contribution in [-0.4, -0.2) is 46.5 Å². The van der Waals surface area contributed by atoms with Crippen LogP contribution in [0, 0.1) is 11.2 Å². The molecule has 1 aliphatic heterocycles. The highest BCUT2D eigenvalue weighted by molar-refractivity contribution is 5.85. The highest BCUT2D eigenvalue weighted by Gasteiger charge is 2.50. The molecule has 2 amide bonds. The van der Waals surface area contributed by atoms with Gasteiger partial charge >= 0.3 is 6.09 Å². The van der Waals surface area contributed by atoms with E-state index in [4.69, 9.17) is 4.74 Å². The van der Waals surface area contributed by atoms with Gasteiger partial charge in [-0.3, -0.25) is 9.69 Å². The molecule has 2 fully saturated rings. The van der Waals surface area contributed by atoms with Crippen LogP contribution in [0.5, 0.6) is 0 Å². The highest BCUT2D eigenvalue weighted by Crippen LogP contribution is 2.47. The second-order valence-corrected chi connectivity index (χ2v) is 9.07. The number of halogens is 1. The van der Waals surface area contributed by atoms with Crippen molar-refractivity contribution in [3.63, 3.8) is 0 Å². The maximum absolute atomic E-state index is 13.4. The van der Waals surface area contributed by atoms with Gasteiger partial charge < -0.3 is 9.64 Å². The van der Waals surface area contributed by atoms with Crippen LogP contribution in [0.15, 0.2) is 24.3 Å². The topological polar surface area (TPSA) is 49.9 Å². The largest absolute Gasteiger partial charge is 0.444 e. The van der Waals surface area contributed by atoms with E-state index < -0.39 is 11.7 Å². The average Bonchev–Trinajstić information content (AvgIpc) is 3.32. The van der Waals surface area contributed by atoms with E-state index in [0.717, 1.165) is 18.4 Å². The van der Waals surface area contributed by atoms with Crippen molar-refractivity contribution >= 4 is 12.0 Å². The third-order valence-corrected chi connectivity index (χ3v) is 5.40.